The van der Waals surface area contributed by atoms with Gasteiger partial charge in [0.25, 0.3) is 5.91 Å². The average molecular weight is 354 g/mol. The molecule has 1 saturated heterocycles. The lowest BCUT2D eigenvalue weighted by molar-refractivity contribution is -0.122. The van der Waals surface area contributed by atoms with Crippen molar-refractivity contribution in [2.75, 3.05) is 6.61 Å². The lowest BCUT2D eigenvalue weighted by Gasteiger charge is -2.10. The maximum atomic E-state index is 12.2. The molecule has 1 aliphatic heterocycles. The van der Waals surface area contributed by atoms with Gasteiger partial charge < -0.3 is 9.84 Å². The van der Waals surface area contributed by atoms with Crippen LogP contribution in [0, 0.1) is 0 Å². The molecule has 1 fully saturated rings. The molecule has 7 nitrogen and oxygen atoms in total. The van der Waals surface area contributed by atoms with Crippen molar-refractivity contribution in [2.24, 2.45) is 5.10 Å². The van der Waals surface area contributed by atoms with Crippen molar-refractivity contribution in [3.05, 3.63) is 59.7 Å². The van der Waals surface area contributed by atoms with Gasteiger partial charge in [-0.2, -0.15) is 5.10 Å². The molecule has 0 bridgehead atoms. The van der Waals surface area contributed by atoms with E-state index in [9.17, 15) is 9.90 Å². The van der Waals surface area contributed by atoms with Gasteiger partial charge in [-0.15, -0.1) is 0 Å². The molecular weight excluding hydrogens is 332 g/mol. The van der Waals surface area contributed by atoms with Crippen LogP contribution in [0.2, 0.25) is 0 Å². The van der Waals surface area contributed by atoms with Gasteiger partial charge in [0.1, 0.15) is 17.5 Å². The Kier molecular flexibility index (Phi) is 5.83. The van der Waals surface area contributed by atoms with Crippen molar-refractivity contribution in [2.45, 2.75) is 25.4 Å². The van der Waals surface area contributed by atoms with Crippen LogP contribution >= 0.6 is 0 Å². The molecule has 1 amide bonds. The van der Waals surface area contributed by atoms with E-state index >= 15 is 0 Å². The third kappa shape index (κ3) is 4.59. The Morgan fingerprint density at radius 3 is 2.65 bits per heavy atom. The Labute approximate surface area is 152 Å². The van der Waals surface area contributed by atoms with E-state index in [0.717, 1.165) is 16.9 Å². The Morgan fingerprint density at radius 1 is 1.23 bits per heavy atom. The Morgan fingerprint density at radius 2 is 1.96 bits per heavy atom. The minimum absolute atomic E-state index is 0.0440. The van der Waals surface area contributed by atoms with Crippen LogP contribution in [0.1, 0.15) is 30.5 Å². The standard InChI is InChI=1S/C19H22N4O3/c1-2-26-16-9-5-14(6-10-16)17-11-18(22-21-17)19(25)23-20-12-13-3-7-15(24)8-4-13/h3-10,12,17-18,21-22,24H,2,11H2,1H3,(H,23,25)/b20-12+. The normalized spacial score (nSPS) is 19.6. The van der Waals surface area contributed by atoms with Crippen molar-refractivity contribution >= 4 is 12.1 Å². The lowest BCUT2D eigenvalue weighted by atomic mass is 10.0. The predicted molar refractivity (Wildman–Crippen MR) is 98.9 cm³/mol. The quantitative estimate of drug-likeness (QED) is 0.469. The molecule has 7 heteroatoms. The first-order chi connectivity index (χ1) is 12.7. The van der Waals surface area contributed by atoms with Crippen LogP contribution in [-0.2, 0) is 4.79 Å². The monoisotopic (exact) mass is 354 g/mol. The first-order valence-electron chi connectivity index (χ1n) is 8.51. The zero-order valence-corrected chi connectivity index (χ0v) is 14.5. The van der Waals surface area contributed by atoms with Gasteiger partial charge >= 0.3 is 0 Å². The van der Waals surface area contributed by atoms with Crippen molar-refractivity contribution in [1.29, 1.82) is 0 Å². The number of aromatic hydroxyl groups is 1. The van der Waals surface area contributed by atoms with Crippen LogP contribution in [0.15, 0.2) is 53.6 Å². The van der Waals surface area contributed by atoms with Gasteiger partial charge in [-0.25, -0.2) is 16.3 Å². The highest BCUT2D eigenvalue weighted by Crippen LogP contribution is 2.24. The van der Waals surface area contributed by atoms with Gasteiger partial charge in [-0.3, -0.25) is 4.79 Å². The average Bonchev–Trinajstić information content (AvgIpc) is 3.14. The Balaban J connectivity index is 1.51. The van der Waals surface area contributed by atoms with Crippen LogP contribution in [0.25, 0.3) is 0 Å². The molecule has 3 rings (SSSR count). The van der Waals surface area contributed by atoms with E-state index in [1.54, 1.807) is 24.3 Å². The second-order valence-corrected chi connectivity index (χ2v) is 5.96. The molecule has 2 unspecified atom stereocenters. The lowest BCUT2D eigenvalue weighted by Crippen LogP contribution is -2.41. The topological polar surface area (TPSA) is 95.0 Å². The first kappa shape index (κ1) is 17.9. The van der Waals surface area contributed by atoms with Crippen LogP contribution in [0.4, 0.5) is 0 Å². The summed E-state index contributed by atoms with van der Waals surface area (Å²) in [4.78, 5) is 12.2. The summed E-state index contributed by atoms with van der Waals surface area (Å²) < 4.78 is 5.44. The van der Waals surface area contributed by atoms with E-state index in [-0.39, 0.29) is 23.7 Å². The fraction of sp³-hybridized carbons (Fsp3) is 0.263. The summed E-state index contributed by atoms with van der Waals surface area (Å²) in [6, 6.07) is 14.1. The predicted octanol–water partition coefficient (Wildman–Crippen LogP) is 1.85. The van der Waals surface area contributed by atoms with E-state index in [2.05, 4.69) is 21.4 Å². The van der Waals surface area contributed by atoms with Crippen LogP contribution < -0.4 is 21.0 Å². The number of carbonyl (C=O) groups excluding carboxylic acids is 1. The maximum absolute atomic E-state index is 12.2. The third-order valence-corrected chi connectivity index (χ3v) is 4.09. The molecule has 0 spiro atoms. The summed E-state index contributed by atoms with van der Waals surface area (Å²) in [5.41, 5.74) is 10.5. The van der Waals surface area contributed by atoms with Crippen molar-refractivity contribution in [3.8, 4) is 11.5 Å². The summed E-state index contributed by atoms with van der Waals surface area (Å²) in [7, 11) is 0. The van der Waals surface area contributed by atoms with E-state index < -0.39 is 0 Å². The molecule has 136 valence electrons. The van der Waals surface area contributed by atoms with Gasteiger partial charge in [-0.1, -0.05) is 12.1 Å². The number of hydrazone groups is 1. The summed E-state index contributed by atoms with van der Waals surface area (Å²) in [5, 5.41) is 13.2. The zero-order chi connectivity index (χ0) is 18.4. The molecule has 26 heavy (non-hydrogen) atoms. The van der Waals surface area contributed by atoms with Crippen LogP contribution in [0.5, 0.6) is 11.5 Å². The molecule has 1 heterocycles. The highest BCUT2D eigenvalue weighted by Gasteiger charge is 2.29. The highest BCUT2D eigenvalue weighted by molar-refractivity contribution is 5.85. The van der Waals surface area contributed by atoms with E-state index in [0.29, 0.717) is 13.0 Å². The molecule has 2 aromatic rings. The van der Waals surface area contributed by atoms with E-state index in [1.165, 1.54) is 6.21 Å². The van der Waals surface area contributed by atoms with Crippen molar-refractivity contribution in [1.82, 2.24) is 16.3 Å². The number of nitrogens with one attached hydrogen (secondary N) is 3. The molecule has 0 saturated carbocycles. The first-order valence-corrected chi connectivity index (χ1v) is 8.51. The second kappa shape index (κ2) is 8.46. The zero-order valence-electron chi connectivity index (χ0n) is 14.5. The van der Waals surface area contributed by atoms with E-state index in [4.69, 9.17) is 4.74 Å². The van der Waals surface area contributed by atoms with E-state index in [1.807, 2.05) is 31.2 Å². The number of phenols is 1. The molecule has 1 aliphatic rings. The number of hydrazine groups is 1. The molecule has 2 aromatic carbocycles. The minimum Gasteiger partial charge on any atom is -0.508 e. The van der Waals surface area contributed by atoms with Crippen LogP contribution in [0.3, 0.4) is 0 Å². The maximum Gasteiger partial charge on any atom is 0.258 e. The van der Waals surface area contributed by atoms with Crippen LogP contribution in [-0.4, -0.2) is 29.9 Å². The molecule has 0 aromatic heterocycles. The number of hydrogen-bond acceptors (Lipinski definition) is 6. The number of phenolic OH excluding ortho intramolecular Hbond substituents is 1. The summed E-state index contributed by atoms with van der Waals surface area (Å²) >= 11 is 0. The molecule has 2 atom stereocenters. The van der Waals surface area contributed by atoms with Crippen molar-refractivity contribution < 1.29 is 14.6 Å². The Bertz CT molecular complexity index is 759. The number of carbonyl (C=O) groups is 1. The summed E-state index contributed by atoms with van der Waals surface area (Å²) in [6.45, 7) is 2.58. The van der Waals surface area contributed by atoms with Gasteiger partial charge in [0.15, 0.2) is 0 Å². The molecule has 4 N–H and O–H groups in total. The third-order valence-electron chi connectivity index (χ3n) is 4.09. The smallest absolute Gasteiger partial charge is 0.258 e. The van der Waals surface area contributed by atoms with Gasteiger partial charge in [0.05, 0.1) is 12.8 Å². The SMILES string of the molecule is CCOc1ccc(C2CC(C(=O)N/N=C/c3ccc(O)cc3)NN2)cc1. The van der Waals surface area contributed by atoms with Gasteiger partial charge in [0, 0.05) is 6.04 Å². The molecular formula is C19H22N4O3. The fourth-order valence-electron chi connectivity index (χ4n) is 2.72. The number of ether oxygens (including phenoxy) is 1. The fourth-order valence-corrected chi connectivity index (χ4v) is 2.72. The van der Waals surface area contributed by atoms with Crippen molar-refractivity contribution in [3.63, 3.8) is 0 Å². The number of amides is 1. The largest absolute Gasteiger partial charge is 0.508 e. The van der Waals surface area contributed by atoms with Gasteiger partial charge in [0.2, 0.25) is 0 Å². The minimum atomic E-state index is -0.372. The Hall–Kier alpha value is -2.90. The molecule has 0 radical (unpaired) electrons. The summed E-state index contributed by atoms with van der Waals surface area (Å²) in [5.74, 6) is 0.814. The number of benzene rings is 2. The molecule has 0 aliphatic carbocycles. The second-order valence-electron chi connectivity index (χ2n) is 5.96. The number of nitrogens with zero attached hydrogens (tertiary/aromatic N) is 1. The van der Waals surface area contributed by atoms with Gasteiger partial charge in [-0.05, 0) is 60.9 Å². The number of hydrogen-bond donors (Lipinski definition) is 4. The number of rotatable bonds is 6. The highest BCUT2D eigenvalue weighted by atomic mass is 16.5. The summed E-state index contributed by atoms with van der Waals surface area (Å²) in [6.07, 6.45) is 2.15.